The van der Waals surface area contributed by atoms with Gasteiger partial charge in [0.2, 0.25) is 0 Å². The Bertz CT molecular complexity index is 421. The fraction of sp³-hybridized carbons (Fsp3) is 0.571. The lowest BCUT2D eigenvalue weighted by molar-refractivity contribution is -0.147. The van der Waals surface area contributed by atoms with E-state index < -0.39 is 0 Å². The molecule has 0 unspecified atom stereocenters. The first kappa shape index (κ1) is 17.2. The van der Waals surface area contributed by atoms with Crippen LogP contribution < -0.4 is 5.32 Å². The number of hydrogen-bond acceptors (Lipinski definition) is 4. The molecule has 0 radical (unpaired) electrons. The smallest absolute Gasteiger partial charge is 0.323 e. The number of aromatic nitrogens is 1. The molecule has 0 saturated carbocycles. The molecule has 0 fully saturated rings. The first-order chi connectivity index (χ1) is 9.56. The lowest BCUT2D eigenvalue weighted by Crippen LogP contribution is -2.35. The predicted molar refractivity (Wildman–Crippen MR) is 81.0 cm³/mol. The summed E-state index contributed by atoms with van der Waals surface area (Å²) in [6.45, 7) is 2.27. The molecule has 6 heteroatoms. The summed E-state index contributed by atoms with van der Waals surface area (Å²) in [5.41, 5.74) is 0.728. The molecule has 1 aromatic rings. The monoisotopic (exact) mass is 318 g/mol. The summed E-state index contributed by atoms with van der Waals surface area (Å²) >= 11 is 11.6. The van der Waals surface area contributed by atoms with E-state index in [1.54, 1.807) is 19.2 Å². The molecule has 1 atom stereocenters. The Balaban J connectivity index is 2.47. The topological polar surface area (TPSA) is 51.2 Å². The molecule has 1 heterocycles. The summed E-state index contributed by atoms with van der Waals surface area (Å²) in [7, 11) is 1.76. The third-order valence-electron chi connectivity index (χ3n) is 2.93. The van der Waals surface area contributed by atoms with Crippen molar-refractivity contribution in [2.45, 2.75) is 45.3 Å². The van der Waals surface area contributed by atoms with Gasteiger partial charge >= 0.3 is 5.97 Å². The van der Waals surface area contributed by atoms with Crippen LogP contribution in [-0.4, -0.2) is 24.0 Å². The molecule has 0 saturated heterocycles. The Morgan fingerprint density at radius 3 is 2.55 bits per heavy atom. The predicted octanol–water partition coefficient (Wildman–Crippen LogP) is 3.60. The molecular formula is C14H20Cl2N2O2. The number of carbonyl (C=O) groups excluding carboxylic acids is 1. The fourth-order valence-electron chi connectivity index (χ4n) is 1.83. The van der Waals surface area contributed by atoms with Crippen LogP contribution in [0.25, 0.3) is 0 Å². The van der Waals surface area contributed by atoms with Gasteiger partial charge in [-0.2, -0.15) is 0 Å². The van der Waals surface area contributed by atoms with Gasteiger partial charge < -0.3 is 10.1 Å². The van der Waals surface area contributed by atoms with E-state index in [0.29, 0.717) is 0 Å². The van der Waals surface area contributed by atoms with E-state index in [1.807, 2.05) is 0 Å². The maximum atomic E-state index is 11.9. The van der Waals surface area contributed by atoms with Crippen molar-refractivity contribution in [3.8, 4) is 0 Å². The lowest BCUT2D eigenvalue weighted by atomic mass is 10.1. The van der Waals surface area contributed by atoms with Crippen molar-refractivity contribution in [2.75, 3.05) is 7.05 Å². The number of pyridine rings is 1. The number of nitrogens with zero attached hydrogens (tertiary/aromatic N) is 1. The van der Waals surface area contributed by atoms with E-state index in [0.717, 1.165) is 31.2 Å². The van der Waals surface area contributed by atoms with Crippen LogP contribution in [0, 0.1) is 0 Å². The molecule has 0 bridgehead atoms. The minimum atomic E-state index is -0.269. The van der Waals surface area contributed by atoms with Gasteiger partial charge in [0.05, 0.1) is 0 Å². The minimum absolute atomic E-state index is 0.146. The molecule has 1 N–H and O–H groups in total. The number of nitrogens with one attached hydrogen (secondary N) is 1. The number of halogens is 2. The van der Waals surface area contributed by atoms with Crippen molar-refractivity contribution in [1.29, 1.82) is 0 Å². The largest absolute Gasteiger partial charge is 0.460 e. The van der Waals surface area contributed by atoms with Crippen LogP contribution in [0.4, 0.5) is 0 Å². The van der Waals surface area contributed by atoms with Crippen molar-refractivity contribution < 1.29 is 9.53 Å². The summed E-state index contributed by atoms with van der Waals surface area (Å²) in [6, 6.07) is 2.99. The Labute approximate surface area is 129 Å². The van der Waals surface area contributed by atoms with E-state index in [2.05, 4.69) is 17.2 Å². The molecule has 112 valence electrons. The van der Waals surface area contributed by atoms with Crippen molar-refractivity contribution >= 4 is 29.2 Å². The standard InChI is InChI=1S/C14H20Cl2N2O2/c1-3-4-5-6-11(17-2)14(19)20-9-10-7-12(15)18-13(16)8-10/h7-8,11,17H,3-6,9H2,1-2H3/t11-/m0/s1. The second-order valence-electron chi connectivity index (χ2n) is 4.57. The van der Waals surface area contributed by atoms with Gasteiger partial charge in [-0.3, -0.25) is 4.79 Å². The molecule has 4 nitrogen and oxygen atoms in total. The Morgan fingerprint density at radius 1 is 1.35 bits per heavy atom. The van der Waals surface area contributed by atoms with Gasteiger partial charge in [-0.25, -0.2) is 4.98 Å². The van der Waals surface area contributed by atoms with Crippen LogP contribution in [0.15, 0.2) is 12.1 Å². The molecule has 0 amide bonds. The zero-order chi connectivity index (χ0) is 15.0. The first-order valence-corrected chi connectivity index (χ1v) is 7.48. The van der Waals surface area contributed by atoms with Crippen molar-refractivity contribution in [3.63, 3.8) is 0 Å². The summed E-state index contributed by atoms with van der Waals surface area (Å²) < 4.78 is 5.28. The average Bonchev–Trinajstić information content (AvgIpc) is 2.40. The van der Waals surface area contributed by atoms with Gasteiger partial charge in [0.25, 0.3) is 0 Å². The average molecular weight is 319 g/mol. The summed E-state index contributed by atoms with van der Waals surface area (Å²) in [4.78, 5) is 15.8. The molecule has 0 aliphatic carbocycles. The Kier molecular flexibility index (Phi) is 7.88. The van der Waals surface area contributed by atoms with E-state index >= 15 is 0 Å². The number of carbonyl (C=O) groups is 1. The number of ether oxygens (including phenoxy) is 1. The second-order valence-corrected chi connectivity index (χ2v) is 5.34. The highest BCUT2D eigenvalue weighted by Gasteiger charge is 2.17. The first-order valence-electron chi connectivity index (χ1n) is 6.72. The van der Waals surface area contributed by atoms with Crippen molar-refractivity contribution in [3.05, 3.63) is 28.0 Å². The van der Waals surface area contributed by atoms with Gasteiger partial charge in [0.15, 0.2) is 0 Å². The van der Waals surface area contributed by atoms with Gasteiger partial charge in [-0.1, -0.05) is 49.4 Å². The van der Waals surface area contributed by atoms with Crippen LogP contribution in [0.2, 0.25) is 10.3 Å². The molecule has 1 aromatic heterocycles. The Hall–Kier alpha value is -0.840. The van der Waals surface area contributed by atoms with Gasteiger partial charge in [0, 0.05) is 0 Å². The maximum absolute atomic E-state index is 11.9. The van der Waals surface area contributed by atoms with Crippen molar-refractivity contribution in [2.24, 2.45) is 0 Å². The van der Waals surface area contributed by atoms with E-state index in [-0.39, 0.29) is 28.9 Å². The number of likely N-dealkylation sites (N-methyl/N-ethyl adjacent to an activating group) is 1. The Morgan fingerprint density at radius 2 is 2.00 bits per heavy atom. The van der Waals surface area contributed by atoms with Gasteiger partial charge in [-0.05, 0) is 31.2 Å². The molecule has 0 aromatic carbocycles. The van der Waals surface area contributed by atoms with Crippen LogP contribution in [0.1, 0.15) is 38.2 Å². The van der Waals surface area contributed by atoms with Gasteiger partial charge in [-0.15, -0.1) is 0 Å². The van der Waals surface area contributed by atoms with Crippen LogP contribution in [0.3, 0.4) is 0 Å². The number of hydrogen-bond donors (Lipinski definition) is 1. The lowest BCUT2D eigenvalue weighted by Gasteiger charge is -2.15. The third kappa shape index (κ3) is 6.07. The van der Waals surface area contributed by atoms with Crippen LogP contribution in [-0.2, 0) is 16.1 Å². The molecular weight excluding hydrogens is 299 g/mol. The number of unbranched alkanes of at least 4 members (excludes halogenated alkanes) is 2. The summed E-state index contributed by atoms with van der Waals surface area (Å²) in [6.07, 6.45) is 4.02. The number of esters is 1. The zero-order valence-electron chi connectivity index (χ0n) is 11.8. The van der Waals surface area contributed by atoms with E-state index in [9.17, 15) is 4.79 Å². The van der Waals surface area contributed by atoms with Crippen LogP contribution >= 0.6 is 23.2 Å². The molecule has 0 spiro atoms. The van der Waals surface area contributed by atoms with E-state index in [1.165, 1.54) is 0 Å². The van der Waals surface area contributed by atoms with Crippen molar-refractivity contribution in [1.82, 2.24) is 10.3 Å². The van der Waals surface area contributed by atoms with E-state index in [4.69, 9.17) is 27.9 Å². The fourth-order valence-corrected chi connectivity index (χ4v) is 2.34. The number of rotatable bonds is 8. The SMILES string of the molecule is CCCCC[C@H](NC)C(=O)OCc1cc(Cl)nc(Cl)c1. The molecule has 20 heavy (non-hydrogen) atoms. The summed E-state index contributed by atoms with van der Waals surface area (Å²) in [5.74, 6) is -0.257. The zero-order valence-corrected chi connectivity index (χ0v) is 13.3. The third-order valence-corrected chi connectivity index (χ3v) is 3.32. The quantitative estimate of drug-likeness (QED) is 0.452. The highest BCUT2D eigenvalue weighted by Crippen LogP contribution is 2.15. The highest BCUT2D eigenvalue weighted by atomic mass is 35.5. The molecule has 0 aliphatic heterocycles. The van der Waals surface area contributed by atoms with Gasteiger partial charge in [0.1, 0.15) is 23.0 Å². The highest BCUT2D eigenvalue weighted by molar-refractivity contribution is 6.32. The second kappa shape index (κ2) is 9.16. The normalized spacial score (nSPS) is 12.2. The molecule has 1 rings (SSSR count). The maximum Gasteiger partial charge on any atom is 0.323 e. The van der Waals surface area contributed by atoms with Crippen LogP contribution in [0.5, 0.6) is 0 Å². The minimum Gasteiger partial charge on any atom is -0.460 e. The summed E-state index contributed by atoms with van der Waals surface area (Å²) in [5, 5.41) is 3.56. The molecule has 0 aliphatic rings.